The van der Waals surface area contributed by atoms with Crippen molar-refractivity contribution in [2.75, 3.05) is 6.61 Å². The van der Waals surface area contributed by atoms with Gasteiger partial charge in [-0.2, -0.15) is 4.98 Å². The number of carbonyl (C=O) groups is 1. The third-order valence-electron chi connectivity index (χ3n) is 3.87. The van der Waals surface area contributed by atoms with Gasteiger partial charge in [0.1, 0.15) is 6.04 Å². The first-order chi connectivity index (χ1) is 12.4. The maximum absolute atomic E-state index is 12.5. The summed E-state index contributed by atoms with van der Waals surface area (Å²) in [6.45, 7) is 3.44. The van der Waals surface area contributed by atoms with Gasteiger partial charge in [0, 0.05) is 12.6 Å². The zero-order valence-electron chi connectivity index (χ0n) is 14.5. The molecule has 1 unspecified atom stereocenters. The molecule has 26 heavy (non-hydrogen) atoms. The van der Waals surface area contributed by atoms with E-state index in [0.29, 0.717) is 5.56 Å². The van der Waals surface area contributed by atoms with Gasteiger partial charge in [-0.05, 0) is 13.8 Å². The molecule has 0 aromatic heterocycles. The van der Waals surface area contributed by atoms with Crippen molar-refractivity contribution in [2.45, 2.75) is 19.9 Å². The number of fused-ring (bicyclic) bond motifs is 1. The number of benzene rings is 1. The highest BCUT2D eigenvalue weighted by Crippen LogP contribution is 2.21. The fourth-order valence-electron chi connectivity index (χ4n) is 2.44. The molecule has 0 bridgehead atoms. The van der Waals surface area contributed by atoms with Crippen LogP contribution >= 0.6 is 0 Å². The first-order valence-corrected chi connectivity index (χ1v) is 8.03. The van der Waals surface area contributed by atoms with Crippen molar-refractivity contribution in [3.63, 3.8) is 0 Å². The molecule has 0 N–H and O–H groups in total. The van der Waals surface area contributed by atoms with Crippen LogP contribution < -0.4 is 11.2 Å². The molecule has 0 amide bonds. The fraction of sp³-hybridized carbons (Fsp3) is 0.294. The lowest BCUT2D eigenvalue weighted by Crippen LogP contribution is -2.38. The first kappa shape index (κ1) is 17.5. The Morgan fingerprint density at radius 3 is 2.54 bits per heavy atom. The Kier molecular flexibility index (Phi) is 4.61. The minimum absolute atomic E-state index is 0.0444. The lowest BCUT2D eigenvalue weighted by Gasteiger charge is -2.19. The molecule has 0 radical (unpaired) electrons. The summed E-state index contributed by atoms with van der Waals surface area (Å²) < 4.78 is 7.11. The van der Waals surface area contributed by atoms with Gasteiger partial charge in [-0.1, -0.05) is 30.3 Å². The summed E-state index contributed by atoms with van der Waals surface area (Å²) in [7, 11) is 1.32. The zero-order chi connectivity index (χ0) is 18.8. The molecular formula is C17H17N5O4. The number of carbonyl (C=O) groups excluding carboxylic acids is 1. The number of hydrogen-bond acceptors (Lipinski definition) is 7. The van der Waals surface area contributed by atoms with Crippen molar-refractivity contribution >= 4 is 5.97 Å². The van der Waals surface area contributed by atoms with Crippen LogP contribution in [0, 0.1) is 0 Å². The molecule has 134 valence electrons. The molecule has 0 saturated carbocycles. The predicted octanol–water partition coefficient (Wildman–Crippen LogP) is 0.628. The maximum atomic E-state index is 12.5. The fourth-order valence-corrected chi connectivity index (χ4v) is 2.44. The Hall–Kier alpha value is -3.36. The molecule has 0 fully saturated rings. The zero-order valence-corrected chi connectivity index (χ0v) is 14.5. The summed E-state index contributed by atoms with van der Waals surface area (Å²) in [4.78, 5) is 44.8. The van der Waals surface area contributed by atoms with Crippen molar-refractivity contribution < 1.29 is 9.53 Å². The smallest absolute Gasteiger partial charge is 0.352 e. The maximum Gasteiger partial charge on any atom is 0.352 e. The second kappa shape index (κ2) is 6.87. The van der Waals surface area contributed by atoms with Crippen LogP contribution in [0.2, 0.25) is 0 Å². The molecule has 0 aliphatic carbocycles. The predicted molar refractivity (Wildman–Crippen MR) is 92.7 cm³/mol. The van der Waals surface area contributed by atoms with Gasteiger partial charge >= 0.3 is 11.7 Å². The second-order valence-corrected chi connectivity index (χ2v) is 5.60. The van der Waals surface area contributed by atoms with Crippen LogP contribution in [0.3, 0.4) is 0 Å². The van der Waals surface area contributed by atoms with Crippen LogP contribution in [0.1, 0.15) is 19.9 Å². The van der Waals surface area contributed by atoms with Gasteiger partial charge in [0.05, 0.1) is 6.61 Å². The number of hydrogen-bond donors (Lipinski definition) is 0. The summed E-state index contributed by atoms with van der Waals surface area (Å²) in [6.07, 6.45) is 0. The van der Waals surface area contributed by atoms with Crippen molar-refractivity contribution in [3.8, 4) is 22.9 Å². The van der Waals surface area contributed by atoms with E-state index in [9.17, 15) is 14.4 Å². The lowest BCUT2D eigenvalue weighted by atomic mass is 10.2. The molecule has 1 atom stereocenters. The third kappa shape index (κ3) is 2.99. The largest absolute Gasteiger partial charge is 0.464 e. The van der Waals surface area contributed by atoms with Crippen LogP contribution in [0.15, 0.2) is 39.9 Å². The monoisotopic (exact) mass is 355 g/mol. The van der Waals surface area contributed by atoms with Crippen LogP contribution in [0.25, 0.3) is 22.9 Å². The van der Waals surface area contributed by atoms with Gasteiger partial charge < -0.3 is 4.74 Å². The number of rotatable bonds is 4. The Balaban J connectivity index is 2.32. The minimum atomic E-state index is -0.887. The van der Waals surface area contributed by atoms with Crippen molar-refractivity contribution in [1.29, 1.82) is 0 Å². The molecule has 3 rings (SSSR count). The molecule has 9 nitrogen and oxygen atoms in total. The molecule has 2 heterocycles. The summed E-state index contributed by atoms with van der Waals surface area (Å²) in [5.41, 5.74) is -0.739. The molecule has 2 aliphatic heterocycles. The van der Waals surface area contributed by atoms with Gasteiger partial charge in [0.2, 0.25) is 0 Å². The summed E-state index contributed by atoms with van der Waals surface area (Å²) in [5.74, 6) is -0.364. The molecule has 0 spiro atoms. The number of ether oxygens (including phenoxy) is 1. The van der Waals surface area contributed by atoms with Gasteiger partial charge in [0.25, 0.3) is 5.56 Å². The lowest BCUT2D eigenvalue weighted by molar-refractivity contribution is -0.146. The van der Waals surface area contributed by atoms with Crippen LogP contribution in [-0.4, -0.2) is 36.9 Å². The van der Waals surface area contributed by atoms with E-state index in [1.165, 1.54) is 11.7 Å². The molecule has 2 aliphatic rings. The molecule has 9 heteroatoms. The average molecular weight is 355 g/mol. The Bertz CT molecular complexity index is 1040. The van der Waals surface area contributed by atoms with Gasteiger partial charge in [-0.15, -0.1) is 5.10 Å². The number of esters is 1. The first-order valence-electron chi connectivity index (χ1n) is 8.03. The standard InChI is InChI=1S/C17H17N5O4/c1-4-26-16(24)10(2)22-14-12(15(23)21(3)17(25)19-14)18-13(20-22)11-8-6-5-7-9-11/h5-10H,4H2,1-3H3. The number of aromatic nitrogens is 5. The molecule has 0 saturated heterocycles. The van der Waals surface area contributed by atoms with E-state index < -0.39 is 23.3 Å². The minimum Gasteiger partial charge on any atom is -0.464 e. The average Bonchev–Trinajstić information content (AvgIpc) is 2.66. The highest BCUT2D eigenvalue weighted by Gasteiger charge is 2.27. The molecule has 1 aromatic rings. The second-order valence-electron chi connectivity index (χ2n) is 5.60. The Labute approximate surface area is 148 Å². The topological polar surface area (TPSA) is 109 Å². The quantitative estimate of drug-likeness (QED) is 0.631. The number of nitrogens with zero attached hydrogens (tertiary/aromatic N) is 5. The van der Waals surface area contributed by atoms with Gasteiger partial charge in [-0.25, -0.2) is 19.3 Å². The SMILES string of the molecule is CCOC(=O)C(C)n1nc(-c2ccccc2)nc2c(=O)n(C)c(=O)nc1-2. The van der Waals surface area contributed by atoms with E-state index in [0.717, 1.165) is 4.57 Å². The normalized spacial score (nSPS) is 12.1. The summed E-state index contributed by atoms with van der Waals surface area (Å²) >= 11 is 0. The molecular weight excluding hydrogens is 338 g/mol. The van der Waals surface area contributed by atoms with Gasteiger partial charge in [0.15, 0.2) is 17.3 Å². The summed E-state index contributed by atoms with van der Waals surface area (Å²) in [5, 5.41) is 4.34. The van der Waals surface area contributed by atoms with E-state index in [4.69, 9.17) is 4.74 Å². The highest BCUT2D eigenvalue weighted by molar-refractivity contribution is 5.74. The Morgan fingerprint density at radius 2 is 1.88 bits per heavy atom. The van der Waals surface area contributed by atoms with Crippen molar-refractivity contribution in [3.05, 3.63) is 51.2 Å². The van der Waals surface area contributed by atoms with E-state index in [1.807, 2.05) is 6.07 Å². The van der Waals surface area contributed by atoms with Crippen molar-refractivity contribution in [1.82, 2.24) is 24.3 Å². The van der Waals surface area contributed by atoms with Gasteiger partial charge in [-0.3, -0.25) is 9.36 Å². The van der Waals surface area contributed by atoms with Crippen LogP contribution in [0.4, 0.5) is 0 Å². The van der Waals surface area contributed by atoms with Crippen LogP contribution in [0.5, 0.6) is 0 Å². The van der Waals surface area contributed by atoms with E-state index >= 15 is 0 Å². The summed E-state index contributed by atoms with van der Waals surface area (Å²) in [6, 6.07) is 8.12. The van der Waals surface area contributed by atoms with Crippen LogP contribution in [-0.2, 0) is 16.6 Å². The highest BCUT2D eigenvalue weighted by atomic mass is 16.5. The third-order valence-corrected chi connectivity index (χ3v) is 3.87. The van der Waals surface area contributed by atoms with Crippen molar-refractivity contribution in [2.24, 2.45) is 7.05 Å². The Morgan fingerprint density at radius 1 is 1.19 bits per heavy atom. The molecule has 1 aromatic carbocycles. The van der Waals surface area contributed by atoms with E-state index in [-0.39, 0.29) is 23.9 Å². The van der Waals surface area contributed by atoms with E-state index in [1.54, 1.807) is 38.1 Å². The van der Waals surface area contributed by atoms with E-state index in [2.05, 4.69) is 15.1 Å².